The zero-order chi connectivity index (χ0) is 13.8. The van der Waals surface area contributed by atoms with Gasteiger partial charge in [0.05, 0.1) is 11.6 Å². The van der Waals surface area contributed by atoms with Crippen LogP contribution in [0.25, 0.3) is 0 Å². The number of hydrogen-bond acceptors (Lipinski definition) is 3. The molecule has 19 heavy (non-hydrogen) atoms. The first-order valence-electron chi connectivity index (χ1n) is 5.46. The fraction of sp³-hybridized carbons (Fsp3) is 0.0714. The van der Waals surface area contributed by atoms with Crippen LogP contribution in [0, 0.1) is 17.1 Å². The Morgan fingerprint density at radius 2 is 2.05 bits per heavy atom. The second-order valence-electron chi connectivity index (χ2n) is 3.89. The van der Waals surface area contributed by atoms with Crippen LogP contribution in [0.4, 0.5) is 10.1 Å². The van der Waals surface area contributed by atoms with Gasteiger partial charge in [-0.05, 0) is 36.4 Å². The van der Waals surface area contributed by atoms with E-state index in [1.807, 2.05) is 6.07 Å². The monoisotopic (exact) mass is 276 g/mol. The van der Waals surface area contributed by atoms with Gasteiger partial charge in [0.2, 0.25) is 0 Å². The highest BCUT2D eigenvalue weighted by molar-refractivity contribution is 6.30. The van der Waals surface area contributed by atoms with Crippen molar-refractivity contribution in [2.24, 2.45) is 0 Å². The Hall–Kier alpha value is -2.25. The minimum Gasteiger partial charge on any atom is -0.486 e. The van der Waals surface area contributed by atoms with Gasteiger partial charge in [0.25, 0.3) is 0 Å². The molecule has 96 valence electrons. The lowest BCUT2D eigenvalue weighted by atomic mass is 10.2. The highest BCUT2D eigenvalue weighted by Gasteiger charge is 2.07. The maximum Gasteiger partial charge on any atom is 0.166 e. The van der Waals surface area contributed by atoms with Crippen molar-refractivity contribution in [1.29, 1.82) is 5.26 Å². The first-order chi connectivity index (χ1) is 9.10. The molecule has 0 fully saturated rings. The molecular weight excluding hydrogens is 267 g/mol. The van der Waals surface area contributed by atoms with Gasteiger partial charge in [0.15, 0.2) is 11.6 Å². The lowest BCUT2D eigenvalue weighted by Crippen LogP contribution is -2.01. The maximum atomic E-state index is 13.6. The summed E-state index contributed by atoms with van der Waals surface area (Å²) in [7, 11) is 0. The van der Waals surface area contributed by atoms with E-state index in [0.717, 1.165) is 6.07 Å². The molecule has 2 N–H and O–H groups in total. The van der Waals surface area contributed by atoms with Crippen molar-refractivity contribution in [3.8, 4) is 11.8 Å². The Balaban J connectivity index is 2.15. The summed E-state index contributed by atoms with van der Waals surface area (Å²) in [4.78, 5) is 0. The highest BCUT2D eigenvalue weighted by Crippen LogP contribution is 2.22. The van der Waals surface area contributed by atoms with Crippen molar-refractivity contribution < 1.29 is 9.13 Å². The Labute approximate surface area is 115 Å². The van der Waals surface area contributed by atoms with E-state index < -0.39 is 5.82 Å². The number of benzene rings is 2. The van der Waals surface area contributed by atoms with Crippen LogP contribution in [0.5, 0.6) is 5.75 Å². The maximum absolute atomic E-state index is 13.6. The zero-order valence-corrected chi connectivity index (χ0v) is 10.6. The molecule has 0 saturated carbocycles. The van der Waals surface area contributed by atoms with E-state index in [-0.39, 0.29) is 17.9 Å². The van der Waals surface area contributed by atoms with Gasteiger partial charge in [0.1, 0.15) is 6.61 Å². The van der Waals surface area contributed by atoms with Gasteiger partial charge in [-0.1, -0.05) is 11.6 Å². The fourth-order valence-electron chi connectivity index (χ4n) is 1.54. The predicted molar refractivity (Wildman–Crippen MR) is 71.3 cm³/mol. The summed E-state index contributed by atoms with van der Waals surface area (Å²) < 4.78 is 18.9. The molecule has 0 amide bonds. The quantitative estimate of drug-likeness (QED) is 0.873. The van der Waals surface area contributed by atoms with E-state index in [1.165, 1.54) is 12.1 Å². The van der Waals surface area contributed by atoms with Gasteiger partial charge in [-0.25, -0.2) is 4.39 Å². The van der Waals surface area contributed by atoms with Gasteiger partial charge in [-0.2, -0.15) is 5.26 Å². The topological polar surface area (TPSA) is 59.0 Å². The van der Waals surface area contributed by atoms with E-state index in [2.05, 4.69) is 0 Å². The van der Waals surface area contributed by atoms with Gasteiger partial charge in [-0.3, -0.25) is 0 Å². The summed E-state index contributed by atoms with van der Waals surface area (Å²) in [6, 6.07) is 10.9. The third kappa shape index (κ3) is 3.15. The van der Waals surface area contributed by atoms with Gasteiger partial charge in [-0.15, -0.1) is 0 Å². The second kappa shape index (κ2) is 5.59. The van der Waals surface area contributed by atoms with Crippen molar-refractivity contribution in [2.75, 3.05) is 5.73 Å². The SMILES string of the molecule is N#Cc1ccc(OCc2cc(Cl)ccc2N)c(F)c1. The molecule has 0 atom stereocenters. The molecule has 0 spiro atoms. The van der Waals surface area contributed by atoms with Crippen LogP contribution in [0.3, 0.4) is 0 Å². The van der Waals surface area contributed by atoms with Gasteiger partial charge >= 0.3 is 0 Å². The zero-order valence-electron chi connectivity index (χ0n) is 9.86. The summed E-state index contributed by atoms with van der Waals surface area (Å²) >= 11 is 5.85. The molecule has 0 aliphatic carbocycles. The average molecular weight is 277 g/mol. The fourth-order valence-corrected chi connectivity index (χ4v) is 1.74. The number of ether oxygens (including phenoxy) is 1. The lowest BCUT2D eigenvalue weighted by Gasteiger charge is -2.09. The predicted octanol–water partition coefficient (Wildman–Crippen LogP) is 3.51. The van der Waals surface area contributed by atoms with Crippen LogP contribution >= 0.6 is 11.6 Å². The van der Waals surface area contributed by atoms with Gasteiger partial charge < -0.3 is 10.5 Å². The Kier molecular flexibility index (Phi) is 3.88. The summed E-state index contributed by atoms with van der Waals surface area (Å²) in [6.07, 6.45) is 0. The molecule has 0 aliphatic rings. The third-order valence-electron chi connectivity index (χ3n) is 2.55. The molecule has 0 aromatic heterocycles. The van der Waals surface area contributed by atoms with E-state index in [0.29, 0.717) is 16.3 Å². The Morgan fingerprint density at radius 1 is 1.26 bits per heavy atom. The van der Waals surface area contributed by atoms with Crippen molar-refractivity contribution in [1.82, 2.24) is 0 Å². The minimum absolute atomic E-state index is 0.0679. The van der Waals surface area contributed by atoms with Crippen molar-refractivity contribution in [3.05, 3.63) is 58.4 Å². The van der Waals surface area contributed by atoms with Crippen LogP contribution < -0.4 is 10.5 Å². The van der Waals surface area contributed by atoms with Crippen molar-refractivity contribution in [3.63, 3.8) is 0 Å². The van der Waals surface area contributed by atoms with Gasteiger partial charge in [0, 0.05) is 16.3 Å². The van der Waals surface area contributed by atoms with Crippen LogP contribution in [0.1, 0.15) is 11.1 Å². The highest BCUT2D eigenvalue weighted by atomic mass is 35.5. The number of nitriles is 1. The molecule has 0 heterocycles. The number of anilines is 1. The standard InChI is InChI=1S/C14H10ClFN2O/c15-11-2-3-13(18)10(6-11)8-19-14-4-1-9(7-17)5-12(14)16/h1-6H,8,18H2. The van der Waals surface area contributed by atoms with Crippen LogP contribution in [0.2, 0.25) is 5.02 Å². The summed E-state index contributed by atoms with van der Waals surface area (Å²) in [5.41, 5.74) is 7.21. The molecular formula is C14H10ClFN2O. The molecule has 2 aromatic rings. The summed E-state index contributed by atoms with van der Waals surface area (Å²) in [6.45, 7) is 0.106. The smallest absolute Gasteiger partial charge is 0.166 e. The minimum atomic E-state index is -0.584. The van der Waals surface area contributed by atoms with Crippen LogP contribution in [-0.2, 0) is 6.61 Å². The molecule has 5 heteroatoms. The van der Waals surface area contributed by atoms with Crippen LogP contribution in [-0.4, -0.2) is 0 Å². The van der Waals surface area contributed by atoms with E-state index in [1.54, 1.807) is 18.2 Å². The molecule has 3 nitrogen and oxygen atoms in total. The molecule has 0 saturated heterocycles. The van der Waals surface area contributed by atoms with Crippen molar-refractivity contribution in [2.45, 2.75) is 6.61 Å². The number of nitrogens with two attached hydrogens (primary N) is 1. The largest absolute Gasteiger partial charge is 0.486 e. The Morgan fingerprint density at radius 3 is 2.74 bits per heavy atom. The molecule has 0 bridgehead atoms. The number of rotatable bonds is 3. The normalized spacial score (nSPS) is 9.95. The first-order valence-corrected chi connectivity index (χ1v) is 5.84. The Bertz CT molecular complexity index is 652. The number of nitrogens with zero attached hydrogens (tertiary/aromatic N) is 1. The molecule has 0 aliphatic heterocycles. The van der Waals surface area contributed by atoms with E-state index in [4.69, 9.17) is 27.3 Å². The summed E-state index contributed by atoms with van der Waals surface area (Å²) in [5.74, 6) is -0.516. The lowest BCUT2D eigenvalue weighted by molar-refractivity contribution is 0.291. The number of hydrogen-bond donors (Lipinski definition) is 1. The molecule has 2 aromatic carbocycles. The third-order valence-corrected chi connectivity index (χ3v) is 2.78. The summed E-state index contributed by atoms with van der Waals surface area (Å²) in [5, 5.41) is 9.17. The number of halogens is 2. The van der Waals surface area contributed by atoms with E-state index >= 15 is 0 Å². The molecule has 2 rings (SSSR count). The van der Waals surface area contributed by atoms with Crippen molar-refractivity contribution >= 4 is 17.3 Å². The first kappa shape index (κ1) is 13.2. The second-order valence-corrected chi connectivity index (χ2v) is 4.33. The molecule has 0 radical (unpaired) electrons. The average Bonchev–Trinajstić information content (AvgIpc) is 2.40. The number of nitrogen functional groups attached to an aromatic ring is 1. The molecule has 0 unspecified atom stereocenters. The van der Waals surface area contributed by atoms with Crippen LogP contribution in [0.15, 0.2) is 36.4 Å². The van der Waals surface area contributed by atoms with E-state index in [9.17, 15) is 4.39 Å².